The summed E-state index contributed by atoms with van der Waals surface area (Å²) < 4.78 is 32.3. The van der Waals surface area contributed by atoms with Crippen molar-refractivity contribution < 1.29 is 18.9 Å². The second-order valence-electron chi connectivity index (χ2n) is 39.5. The van der Waals surface area contributed by atoms with Crippen molar-refractivity contribution in [2.24, 2.45) is 0 Å². The second-order valence-corrected chi connectivity index (χ2v) is 39.5. The maximum absolute atomic E-state index is 16.7. The first-order valence-electron chi connectivity index (χ1n) is 54.1. The van der Waals surface area contributed by atoms with Crippen LogP contribution in [0.1, 0.15) is 491 Å². The Morgan fingerprint density at radius 3 is 0.532 bits per heavy atom. The van der Waals surface area contributed by atoms with E-state index in [4.69, 9.17) is 18.9 Å². The molecule has 11 aromatic rings. The lowest BCUT2D eigenvalue weighted by molar-refractivity contribution is 0.259. The molecule has 696 valence electrons. The van der Waals surface area contributed by atoms with Gasteiger partial charge in [0.25, 0.3) is 22.2 Å². The summed E-state index contributed by atoms with van der Waals surface area (Å²) in [5, 5.41) is 16.5. The minimum absolute atomic E-state index is 0.218. The molecule has 0 fully saturated rings. The van der Waals surface area contributed by atoms with Crippen molar-refractivity contribution in [3.05, 3.63) is 89.9 Å². The van der Waals surface area contributed by atoms with Gasteiger partial charge in [-0.15, -0.1) is 0 Å². The first-order valence-corrected chi connectivity index (χ1v) is 54.1. The van der Waals surface area contributed by atoms with Crippen LogP contribution in [0.25, 0.3) is 108 Å². The molecule has 0 radical (unpaired) electrons. The van der Waals surface area contributed by atoms with E-state index >= 15 is 19.2 Å². The highest BCUT2D eigenvalue weighted by Gasteiger charge is 2.34. The fraction of sp³-hybridized carbons (Fsp3) is 0.690. The summed E-state index contributed by atoms with van der Waals surface area (Å²) in [4.78, 5) is 67.0. The van der Waals surface area contributed by atoms with Gasteiger partial charge in [0.05, 0.1) is 26.4 Å². The summed E-state index contributed by atoms with van der Waals surface area (Å²) in [6, 6.07) is 17.0. The zero-order valence-electron chi connectivity index (χ0n) is 81.4. The normalized spacial score (nSPS) is 12.8. The molecular formula is C116H174N2O8. The van der Waals surface area contributed by atoms with Gasteiger partial charge in [-0.25, -0.2) is 0 Å². The molecule has 0 aliphatic carbocycles. The quantitative estimate of drug-likeness (QED) is 0.0210. The van der Waals surface area contributed by atoms with Gasteiger partial charge < -0.3 is 18.9 Å². The SMILES string of the molecule is CCCCCCCCCCCCOc1cc2c(cc1OCCCCCCCCCCCC)c1cc3c(=O)n(C(CCCC)CCCCCCCCCCC)c(=O)c4cc5c6cc(OCCCCCCCCCCCC)c(OCCCCCCCCCCCC)cc6c6cc7c(=O)n(C(CCCC)CCCCCCCCCCC)c(=O)c8cc2c2c1c(c34)c5c6c2c87. The van der Waals surface area contributed by atoms with Crippen LogP contribution in [-0.2, 0) is 0 Å². The van der Waals surface area contributed by atoms with Gasteiger partial charge in [-0.2, -0.15) is 0 Å². The Morgan fingerprint density at radius 1 is 0.175 bits per heavy atom. The van der Waals surface area contributed by atoms with E-state index in [1.807, 2.05) is 0 Å². The molecular weight excluding hydrogens is 1550 g/mol. The number of hydrogen-bond donors (Lipinski definition) is 0. The van der Waals surface area contributed by atoms with Crippen molar-refractivity contribution in [3.8, 4) is 23.0 Å². The third kappa shape index (κ3) is 26.8. The first-order chi connectivity index (χ1) is 62.1. The lowest BCUT2D eigenvalue weighted by Gasteiger charge is -2.28. The average molecular weight is 1720 g/mol. The Morgan fingerprint density at radius 2 is 0.341 bits per heavy atom. The molecule has 0 saturated carbocycles. The van der Waals surface area contributed by atoms with E-state index in [9.17, 15) is 0 Å². The van der Waals surface area contributed by atoms with Crippen molar-refractivity contribution in [1.82, 2.24) is 9.13 Å². The summed E-state index contributed by atoms with van der Waals surface area (Å²) in [5.41, 5.74) is -0.873. The van der Waals surface area contributed by atoms with E-state index in [0.29, 0.717) is 81.7 Å². The molecule has 2 aromatic heterocycles. The van der Waals surface area contributed by atoms with Crippen LogP contribution in [0.3, 0.4) is 0 Å². The van der Waals surface area contributed by atoms with Crippen LogP contribution in [0.5, 0.6) is 23.0 Å². The first kappa shape index (κ1) is 99.9. The maximum Gasteiger partial charge on any atom is 0.261 e. The highest BCUT2D eigenvalue weighted by molar-refractivity contribution is 6.54. The van der Waals surface area contributed by atoms with Gasteiger partial charge in [-0.1, -0.05) is 428 Å². The number of aromatic nitrogens is 2. The maximum atomic E-state index is 16.7. The predicted molar refractivity (Wildman–Crippen MR) is 549 cm³/mol. The molecule has 11 rings (SSSR count). The molecule has 10 nitrogen and oxygen atoms in total. The number of fused-ring (bicyclic) bond motifs is 6. The number of ether oxygens (including phenoxy) is 4. The minimum atomic E-state index is -0.282. The molecule has 9 aromatic carbocycles. The van der Waals surface area contributed by atoms with Crippen molar-refractivity contribution in [2.45, 2.75) is 491 Å². The average Bonchev–Trinajstić information content (AvgIpc) is 0.652. The molecule has 2 heterocycles. The highest BCUT2D eigenvalue weighted by Crippen LogP contribution is 2.57. The fourth-order valence-electron chi connectivity index (χ4n) is 21.8. The van der Waals surface area contributed by atoms with Crippen molar-refractivity contribution in [1.29, 1.82) is 0 Å². The van der Waals surface area contributed by atoms with Crippen LogP contribution in [0.4, 0.5) is 0 Å². The van der Waals surface area contributed by atoms with E-state index in [2.05, 4.69) is 104 Å². The standard InChI is InChI=1S/C116H174N2O8/c1-9-17-25-31-37-43-49-55-61-67-75-123-101-83-89-90(84-102(101)124-76-68-62-56-50-44-38-32-26-18-10-2)94-80-98-106-100(116(122)118(114(98)120)88(72-24-16-8)74-66-60-54-48-42-36-30-22-14-6)82-96-92-86-104(126-78-70-64-58-52-46-40-34-28-20-12-4)103(125-77-69-63-57-51-45-39-33-27-19-11-3)85-91(92)95-81-99-105-97(79-93(89)107-108(94)112(106)110(96)109(95)111(105)107)113(119)117(115(99)121)87(71-23-15-7)73-65-59-53-47-41-35-29-21-13-5/h79-88H,9-78H2,1-8H3. The van der Waals surface area contributed by atoms with Gasteiger partial charge in [-0.3, -0.25) is 28.3 Å². The molecule has 0 N–H and O–H groups in total. The summed E-state index contributed by atoms with van der Waals surface area (Å²) in [7, 11) is 0. The molecule has 0 aliphatic heterocycles. The van der Waals surface area contributed by atoms with Gasteiger partial charge >= 0.3 is 0 Å². The molecule has 0 bridgehead atoms. The van der Waals surface area contributed by atoms with E-state index in [0.717, 1.165) is 217 Å². The van der Waals surface area contributed by atoms with E-state index in [1.54, 1.807) is 9.13 Å². The predicted octanol–water partition coefficient (Wildman–Crippen LogP) is 36.0. The highest BCUT2D eigenvalue weighted by atomic mass is 16.5. The molecule has 10 heteroatoms. The lowest BCUT2D eigenvalue weighted by atomic mass is 9.77. The van der Waals surface area contributed by atoms with Gasteiger partial charge in [-0.05, 0) is 165 Å². The molecule has 0 saturated heterocycles. The molecule has 0 aliphatic rings. The Hall–Kier alpha value is -6.68. The number of unbranched alkanes of at least 4 members (excludes halogenated alkanes) is 54. The minimum Gasteiger partial charge on any atom is -0.490 e. The van der Waals surface area contributed by atoms with Gasteiger partial charge in [0.15, 0.2) is 23.0 Å². The third-order valence-electron chi connectivity index (χ3n) is 29.3. The van der Waals surface area contributed by atoms with Crippen molar-refractivity contribution in [3.63, 3.8) is 0 Å². The summed E-state index contributed by atoms with van der Waals surface area (Å²) in [6.07, 6.45) is 77.2. The van der Waals surface area contributed by atoms with Crippen LogP contribution in [0, 0.1) is 0 Å². The largest absolute Gasteiger partial charge is 0.490 e. The topological polar surface area (TPSA) is 115 Å². The zero-order chi connectivity index (χ0) is 88.5. The van der Waals surface area contributed by atoms with Crippen LogP contribution < -0.4 is 41.2 Å². The van der Waals surface area contributed by atoms with E-state index < -0.39 is 0 Å². The monoisotopic (exact) mass is 1720 g/mol. The van der Waals surface area contributed by atoms with Crippen molar-refractivity contribution >= 4 is 108 Å². The number of pyridine rings is 2. The van der Waals surface area contributed by atoms with E-state index in [-0.39, 0.29) is 34.3 Å². The van der Waals surface area contributed by atoms with Crippen LogP contribution >= 0.6 is 0 Å². The van der Waals surface area contributed by atoms with Gasteiger partial charge in [0.2, 0.25) is 0 Å². The molecule has 2 unspecified atom stereocenters. The Kier molecular flexibility index (Phi) is 44.0. The third-order valence-corrected chi connectivity index (χ3v) is 29.3. The number of nitrogens with zero attached hydrogens (tertiary/aromatic N) is 2. The molecule has 2 atom stereocenters. The smallest absolute Gasteiger partial charge is 0.261 e. The fourth-order valence-corrected chi connectivity index (χ4v) is 21.8. The van der Waals surface area contributed by atoms with Gasteiger partial charge in [0, 0.05) is 55.2 Å². The number of benzene rings is 9. The Balaban J connectivity index is 1.16. The van der Waals surface area contributed by atoms with Crippen molar-refractivity contribution in [2.75, 3.05) is 26.4 Å². The number of hydrogen-bond acceptors (Lipinski definition) is 8. The van der Waals surface area contributed by atoms with E-state index in [1.165, 1.54) is 283 Å². The summed E-state index contributed by atoms with van der Waals surface area (Å²) >= 11 is 0. The summed E-state index contributed by atoms with van der Waals surface area (Å²) in [6.45, 7) is 20.4. The zero-order valence-corrected chi connectivity index (χ0v) is 81.4. The molecule has 0 amide bonds. The van der Waals surface area contributed by atoms with Crippen LogP contribution in [0.15, 0.2) is 67.7 Å². The Bertz CT molecular complexity index is 4550. The lowest BCUT2D eigenvalue weighted by Crippen LogP contribution is -2.37. The molecule has 0 spiro atoms. The number of rotatable bonds is 76. The van der Waals surface area contributed by atoms with Gasteiger partial charge in [0.1, 0.15) is 0 Å². The molecule has 126 heavy (non-hydrogen) atoms. The van der Waals surface area contributed by atoms with Crippen LogP contribution in [-0.4, -0.2) is 35.6 Å². The Labute approximate surface area is 761 Å². The summed E-state index contributed by atoms with van der Waals surface area (Å²) in [5.74, 6) is 2.77. The van der Waals surface area contributed by atoms with Crippen LogP contribution in [0.2, 0.25) is 0 Å². The second kappa shape index (κ2) is 55.5.